The molecule has 1 aromatic rings. The van der Waals surface area contributed by atoms with Crippen molar-refractivity contribution in [3.05, 3.63) is 35.4 Å². The topological polar surface area (TPSA) is 35.6 Å². The monoisotopic (exact) mass is 233 g/mol. The van der Waals surface area contributed by atoms with Crippen LogP contribution in [0, 0.1) is 6.92 Å². The standard InChI is InChI=1S/C13H19N3O/c1-11-4-3-5-12(10-11)13(17)14-16-8-6-15(2)7-9-16/h3-5,10H,6-9H2,1-2H3,(H,14,17). The molecule has 1 saturated heterocycles. The molecular formula is C13H19N3O. The van der Waals surface area contributed by atoms with Crippen molar-refractivity contribution in [2.75, 3.05) is 33.2 Å². The largest absolute Gasteiger partial charge is 0.304 e. The lowest BCUT2D eigenvalue weighted by Crippen LogP contribution is -2.52. The van der Waals surface area contributed by atoms with E-state index in [2.05, 4.69) is 17.4 Å². The Labute approximate surface area is 102 Å². The van der Waals surface area contributed by atoms with Crippen LogP contribution < -0.4 is 5.43 Å². The Morgan fingerprint density at radius 2 is 1.94 bits per heavy atom. The number of piperazine rings is 1. The van der Waals surface area contributed by atoms with Crippen LogP contribution in [0.1, 0.15) is 15.9 Å². The van der Waals surface area contributed by atoms with Gasteiger partial charge in [0.25, 0.3) is 5.91 Å². The van der Waals surface area contributed by atoms with Gasteiger partial charge in [-0.3, -0.25) is 10.2 Å². The van der Waals surface area contributed by atoms with Gasteiger partial charge in [-0.1, -0.05) is 17.7 Å². The third-order valence-corrected chi connectivity index (χ3v) is 3.04. The molecule has 2 rings (SSSR count). The van der Waals surface area contributed by atoms with Crippen molar-refractivity contribution >= 4 is 5.91 Å². The Morgan fingerprint density at radius 3 is 2.59 bits per heavy atom. The van der Waals surface area contributed by atoms with E-state index in [-0.39, 0.29) is 5.91 Å². The minimum absolute atomic E-state index is 0.0155. The fraction of sp³-hybridized carbons (Fsp3) is 0.462. The summed E-state index contributed by atoms with van der Waals surface area (Å²) in [6, 6.07) is 7.66. The summed E-state index contributed by atoms with van der Waals surface area (Å²) in [4.78, 5) is 14.2. The second-order valence-electron chi connectivity index (χ2n) is 4.60. The third-order valence-electron chi connectivity index (χ3n) is 3.04. The average molecular weight is 233 g/mol. The van der Waals surface area contributed by atoms with Gasteiger partial charge in [-0.15, -0.1) is 0 Å². The van der Waals surface area contributed by atoms with E-state index in [1.807, 2.05) is 36.2 Å². The number of amides is 1. The number of aryl methyl sites for hydroxylation is 1. The summed E-state index contributed by atoms with van der Waals surface area (Å²) in [5.41, 5.74) is 4.78. The maximum atomic E-state index is 12.0. The van der Waals surface area contributed by atoms with Crippen LogP contribution in [0.2, 0.25) is 0 Å². The van der Waals surface area contributed by atoms with Gasteiger partial charge >= 0.3 is 0 Å². The van der Waals surface area contributed by atoms with Gasteiger partial charge in [0.15, 0.2) is 0 Å². The number of hydrazine groups is 1. The molecule has 1 N–H and O–H groups in total. The van der Waals surface area contributed by atoms with Crippen molar-refractivity contribution < 1.29 is 4.79 Å². The summed E-state index contributed by atoms with van der Waals surface area (Å²) in [6.45, 7) is 5.75. The molecule has 4 nitrogen and oxygen atoms in total. The van der Waals surface area contributed by atoms with E-state index in [1.54, 1.807) is 0 Å². The number of hydrogen-bond donors (Lipinski definition) is 1. The van der Waals surface area contributed by atoms with Crippen molar-refractivity contribution in [1.82, 2.24) is 15.3 Å². The van der Waals surface area contributed by atoms with Crippen molar-refractivity contribution in [3.8, 4) is 0 Å². The Kier molecular flexibility index (Phi) is 3.76. The Hall–Kier alpha value is -1.39. The first kappa shape index (κ1) is 12.1. The van der Waals surface area contributed by atoms with Crippen molar-refractivity contribution in [1.29, 1.82) is 0 Å². The molecule has 4 heteroatoms. The predicted molar refractivity (Wildman–Crippen MR) is 67.7 cm³/mol. The number of likely N-dealkylation sites (N-methyl/N-ethyl adjacent to an activating group) is 1. The second kappa shape index (κ2) is 5.29. The molecule has 1 amide bonds. The van der Waals surface area contributed by atoms with Gasteiger partial charge < -0.3 is 4.90 Å². The van der Waals surface area contributed by atoms with Gasteiger partial charge in [-0.25, -0.2) is 5.01 Å². The first-order valence-electron chi connectivity index (χ1n) is 5.96. The highest BCUT2D eigenvalue weighted by Gasteiger charge is 2.16. The van der Waals surface area contributed by atoms with E-state index < -0.39 is 0 Å². The molecule has 0 atom stereocenters. The van der Waals surface area contributed by atoms with Crippen LogP contribution in [0.3, 0.4) is 0 Å². The van der Waals surface area contributed by atoms with E-state index in [0.29, 0.717) is 0 Å². The minimum atomic E-state index is -0.0155. The summed E-state index contributed by atoms with van der Waals surface area (Å²) in [6.07, 6.45) is 0. The Bertz CT molecular complexity index is 397. The molecule has 92 valence electrons. The molecule has 0 bridgehead atoms. The number of carbonyl (C=O) groups excluding carboxylic acids is 1. The molecule has 1 aliphatic rings. The molecule has 0 spiro atoms. The van der Waals surface area contributed by atoms with Crippen molar-refractivity contribution in [3.63, 3.8) is 0 Å². The van der Waals surface area contributed by atoms with Gasteiger partial charge in [-0.2, -0.15) is 0 Å². The normalized spacial score (nSPS) is 18.0. The summed E-state index contributed by atoms with van der Waals surface area (Å²) < 4.78 is 0. The smallest absolute Gasteiger partial charge is 0.265 e. The van der Waals surface area contributed by atoms with E-state index in [0.717, 1.165) is 37.3 Å². The third kappa shape index (κ3) is 3.28. The quantitative estimate of drug-likeness (QED) is 0.824. The molecule has 1 aromatic carbocycles. The highest BCUT2D eigenvalue weighted by atomic mass is 16.2. The minimum Gasteiger partial charge on any atom is -0.304 e. The van der Waals surface area contributed by atoms with Crippen molar-refractivity contribution in [2.24, 2.45) is 0 Å². The average Bonchev–Trinajstić information content (AvgIpc) is 2.32. The molecule has 0 aromatic heterocycles. The molecule has 0 radical (unpaired) electrons. The number of carbonyl (C=O) groups is 1. The lowest BCUT2D eigenvalue weighted by atomic mass is 10.1. The zero-order chi connectivity index (χ0) is 12.3. The highest BCUT2D eigenvalue weighted by Crippen LogP contribution is 2.04. The molecule has 0 unspecified atom stereocenters. The maximum absolute atomic E-state index is 12.0. The zero-order valence-corrected chi connectivity index (χ0v) is 10.4. The molecule has 17 heavy (non-hydrogen) atoms. The van der Waals surface area contributed by atoms with Crippen LogP contribution in [-0.4, -0.2) is 49.0 Å². The summed E-state index contributed by atoms with van der Waals surface area (Å²) in [7, 11) is 2.10. The van der Waals surface area contributed by atoms with Gasteiger partial charge in [0.05, 0.1) is 0 Å². The predicted octanol–water partition coefficient (Wildman–Crippen LogP) is 0.887. The second-order valence-corrected chi connectivity index (χ2v) is 4.60. The number of hydrogen-bond acceptors (Lipinski definition) is 3. The van der Waals surface area contributed by atoms with Gasteiger partial charge in [-0.05, 0) is 26.1 Å². The lowest BCUT2D eigenvalue weighted by molar-refractivity contribution is 0.0662. The maximum Gasteiger partial charge on any atom is 0.265 e. The van der Waals surface area contributed by atoms with Crippen LogP contribution >= 0.6 is 0 Å². The Balaban J connectivity index is 1.93. The van der Waals surface area contributed by atoms with E-state index in [4.69, 9.17) is 0 Å². The number of rotatable bonds is 2. The molecule has 1 heterocycles. The molecule has 0 aliphatic carbocycles. The number of benzene rings is 1. The first-order chi connectivity index (χ1) is 8.15. The van der Waals surface area contributed by atoms with Crippen LogP contribution in [0.4, 0.5) is 0 Å². The summed E-state index contributed by atoms with van der Waals surface area (Å²) in [5.74, 6) is -0.0155. The SMILES string of the molecule is Cc1cccc(C(=O)NN2CCN(C)CC2)c1. The van der Waals surface area contributed by atoms with Gasteiger partial charge in [0.1, 0.15) is 0 Å². The van der Waals surface area contributed by atoms with Crippen LogP contribution in [-0.2, 0) is 0 Å². The fourth-order valence-corrected chi connectivity index (χ4v) is 1.91. The van der Waals surface area contributed by atoms with Crippen LogP contribution in [0.5, 0.6) is 0 Å². The molecule has 1 aliphatic heterocycles. The van der Waals surface area contributed by atoms with E-state index in [1.165, 1.54) is 0 Å². The summed E-state index contributed by atoms with van der Waals surface area (Å²) in [5, 5.41) is 1.99. The lowest BCUT2D eigenvalue weighted by Gasteiger charge is -2.32. The molecular weight excluding hydrogens is 214 g/mol. The van der Waals surface area contributed by atoms with Crippen molar-refractivity contribution in [2.45, 2.75) is 6.92 Å². The van der Waals surface area contributed by atoms with Crippen LogP contribution in [0.15, 0.2) is 24.3 Å². The summed E-state index contributed by atoms with van der Waals surface area (Å²) >= 11 is 0. The molecule has 0 saturated carbocycles. The van der Waals surface area contributed by atoms with E-state index in [9.17, 15) is 4.79 Å². The van der Waals surface area contributed by atoms with Gasteiger partial charge in [0.2, 0.25) is 0 Å². The fourth-order valence-electron chi connectivity index (χ4n) is 1.91. The van der Waals surface area contributed by atoms with Crippen LogP contribution in [0.25, 0.3) is 0 Å². The zero-order valence-electron chi connectivity index (χ0n) is 10.4. The number of nitrogens with one attached hydrogen (secondary N) is 1. The molecule has 1 fully saturated rings. The first-order valence-corrected chi connectivity index (χ1v) is 5.96. The highest BCUT2D eigenvalue weighted by molar-refractivity contribution is 5.93. The number of nitrogens with zero attached hydrogens (tertiary/aromatic N) is 2. The van der Waals surface area contributed by atoms with Gasteiger partial charge in [0, 0.05) is 31.7 Å². The Morgan fingerprint density at radius 1 is 1.24 bits per heavy atom. The van der Waals surface area contributed by atoms with E-state index >= 15 is 0 Å².